The van der Waals surface area contributed by atoms with Gasteiger partial charge >= 0.3 is 0 Å². The summed E-state index contributed by atoms with van der Waals surface area (Å²) in [6.45, 7) is 0.721. The van der Waals surface area contributed by atoms with Crippen LogP contribution in [0.25, 0.3) is 0 Å². The van der Waals surface area contributed by atoms with Crippen LogP contribution in [0.5, 0.6) is 0 Å². The molecule has 23 heavy (non-hydrogen) atoms. The average molecular weight is 374 g/mol. The number of rotatable bonds is 4. The Morgan fingerprint density at radius 1 is 1.09 bits per heavy atom. The number of nitrogens with one attached hydrogen (secondary N) is 1. The molecule has 0 aromatic heterocycles. The maximum atomic E-state index is 12.7. The van der Waals surface area contributed by atoms with Gasteiger partial charge in [-0.15, -0.1) is 0 Å². The van der Waals surface area contributed by atoms with Crippen molar-refractivity contribution in [2.45, 2.75) is 19.0 Å². The molecule has 1 aliphatic heterocycles. The van der Waals surface area contributed by atoms with Gasteiger partial charge in [-0.3, -0.25) is 9.59 Å². The van der Waals surface area contributed by atoms with Crippen molar-refractivity contribution in [3.63, 3.8) is 0 Å². The van der Waals surface area contributed by atoms with E-state index >= 15 is 0 Å². The molecule has 0 aliphatic carbocycles. The minimum atomic E-state index is -0.327. The molecule has 1 unspecified atom stereocenters. The van der Waals surface area contributed by atoms with E-state index in [1.165, 1.54) is 4.90 Å². The molecular formula is C18H18BrN2O2+. The molecule has 118 valence electrons. The van der Waals surface area contributed by atoms with E-state index < -0.39 is 0 Å². The molecule has 2 aromatic carbocycles. The lowest BCUT2D eigenvalue weighted by molar-refractivity contribution is -0.908. The van der Waals surface area contributed by atoms with Crippen LogP contribution in [0, 0.1) is 0 Å². The SMILES string of the molecule is C[NH+](Cc1ccccc1)[C@@H]1CC(=O)N(c2ccc(Br)cc2)C1=O. The predicted molar refractivity (Wildman–Crippen MR) is 92.1 cm³/mol. The Balaban J connectivity index is 1.76. The van der Waals surface area contributed by atoms with Crippen LogP contribution in [0.3, 0.4) is 0 Å². The van der Waals surface area contributed by atoms with Crippen molar-refractivity contribution in [2.24, 2.45) is 0 Å². The third kappa shape index (κ3) is 3.35. The molecule has 0 radical (unpaired) electrons. The van der Waals surface area contributed by atoms with Crippen molar-refractivity contribution in [1.82, 2.24) is 0 Å². The molecule has 2 amide bonds. The van der Waals surface area contributed by atoms with Crippen molar-refractivity contribution in [3.8, 4) is 0 Å². The third-order valence-electron chi connectivity index (χ3n) is 4.15. The zero-order valence-electron chi connectivity index (χ0n) is 12.8. The number of anilines is 1. The van der Waals surface area contributed by atoms with E-state index in [1.54, 1.807) is 12.1 Å². The number of halogens is 1. The van der Waals surface area contributed by atoms with Gasteiger partial charge in [0.1, 0.15) is 6.54 Å². The van der Waals surface area contributed by atoms with Gasteiger partial charge in [-0.25, -0.2) is 4.90 Å². The fraction of sp³-hybridized carbons (Fsp3) is 0.222. The number of amides is 2. The fourth-order valence-electron chi connectivity index (χ4n) is 2.92. The number of benzene rings is 2. The average Bonchev–Trinajstić information content (AvgIpc) is 2.84. The van der Waals surface area contributed by atoms with E-state index in [1.807, 2.05) is 49.5 Å². The third-order valence-corrected chi connectivity index (χ3v) is 4.68. The summed E-state index contributed by atoms with van der Waals surface area (Å²) >= 11 is 3.36. The number of carbonyl (C=O) groups is 2. The Morgan fingerprint density at radius 3 is 2.39 bits per heavy atom. The number of imide groups is 1. The van der Waals surface area contributed by atoms with E-state index in [-0.39, 0.29) is 24.3 Å². The molecule has 0 bridgehead atoms. The van der Waals surface area contributed by atoms with Crippen LogP contribution in [-0.2, 0) is 16.1 Å². The molecule has 2 atom stereocenters. The number of nitrogens with zero attached hydrogens (tertiary/aromatic N) is 1. The van der Waals surface area contributed by atoms with Crippen LogP contribution < -0.4 is 9.80 Å². The molecule has 1 heterocycles. The summed E-state index contributed by atoms with van der Waals surface area (Å²) < 4.78 is 0.920. The smallest absolute Gasteiger partial charge is 0.292 e. The molecule has 1 aliphatic rings. The van der Waals surface area contributed by atoms with E-state index in [0.29, 0.717) is 5.69 Å². The lowest BCUT2D eigenvalue weighted by Gasteiger charge is -2.20. The van der Waals surface area contributed by atoms with Crippen LogP contribution in [-0.4, -0.2) is 24.9 Å². The van der Waals surface area contributed by atoms with Crippen molar-refractivity contribution in [1.29, 1.82) is 0 Å². The second-order valence-electron chi connectivity index (χ2n) is 5.81. The number of hydrogen-bond acceptors (Lipinski definition) is 2. The summed E-state index contributed by atoms with van der Waals surface area (Å²) in [5.74, 6) is -0.250. The normalized spacial score (nSPS) is 19.2. The Labute approximate surface area is 143 Å². The van der Waals surface area contributed by atoms with Gasteiger partial charge in [0, 0.05) is 10.0 Å². The van der Waals surface area contributed by atoms with Gasteiger partial charge in [0.05, 0.1) is 19.2 Å². The van der Waals surface area contributed by atoms with Crippen molar-refractivity contribution < 1.29 is 14.5 Å². The van der Waals surface area contributed by atoms with Crippen LogP contribution in [0.4, 0.5) is 5.69 Å². The van der Waals surface area contributed by atoms with E-state index in [0.717, 1.165) is 21.5 Å². The van der Waals surface area contributed by atoms with E-state index in [9.17, 15) is 9.59 Å². The van der Waals surface area contributed by atoms with E-state index in [4.69, 9.17) is 0 Å². The van der Waals surface area contributed by atoms with Gasteiger partial charge in [-0.1, -0.05) is 46.3 Å². The summed E-state index contributed by atoms with van der Waals surface area (Å²) in [7, 11) is 1.97. The molecular weight excluding hydrogens is 356 g/mol. The van der Waals surface area contributed by atoms with Crippen LogP contribution in [0.2, 0.25) is 0 Å². The number of quaternary nitrogens is 1. The first-order valence-corrected chi connectivity index (χ1v) is 8.34. The molecule has 1 saturated heterocycles. The molecule has 0 spiro atoms. The highest BCUT2D eigenvalue weighted by molar-refractivity contribution is 9.10. The number of carbonyl (C=O) groups excluding carboxylic acids is 2. The molecule has 1 N–H and O–H groups in total. The summed E-state index contributed by atoms with van der Waals surface area (Å²) in [6.07, 6.45) is 0.258. The minimum absolute atomic E-state index is 0.120. The summed E-state index contributed by atoms with van der Waals surface area (Å²) in [6, 6.07) is 16.9. The molecule has 2 aromatic rings. The van der Waals surface area contributed by atoms with Gasteiger partial charge in [0.15, 0.2) is 6.04 Å². The second kappa shape index (κ2) is 6.64. The first-order valence-electron chi connectivity index (χ1n) is 7.55. The summed E-state index contributed by atoms with van der Waals surface area (Å²) in [4.78, 5) is 27.4. The predicted octanol–water partition coefficient (Wildman–Crippen LogP) is 1.80. The van der Waals surface area contributed by atoms with Crippen molar-refractivity contribution in [3.05, 3.63) is 64.6 Å². The largest absolute Gasteiger partial charge is 0.323 e. The van der Waals surface area contributed by atoms with Gasteiger partial charge in [0.25, 0.3) is 5.91 Å². The summed E-state index contributed by atoms with van der Waals surface area (Å²) in [5, 5.41) is 0. The van der Waals surface area contributed by atoms with Crippen LogP contribution in [0.1, 0.15) is 12.0 Å². The van der Waals surface area contributed by atoms with Gasteiger partial charge in [-0.2, -0.15) is 0 Å². The molecule has 0 saturated carbocycles. The molecule has 3 rings (SSSR count). The van der Waals surface area contributed by atoms with Gasteiger partial charge in [-0.05, 0) is 24.3 Å². The molecule has 1 fully saturated rings. The zero-order valence-corrected chi connectivity index (χ0v) is 14.4. The fourth-order valence-corrected chi connectivity index (χ4v) is 3.18. The lowest BCUT2D eigenvalue weighted by Crippen LogP contribution is -3.12. The Hall–Kier alpha value is -1.98. The summed E-state index contributed by atoms with van der Waals surface area (Å²) in [5.41, 5.74) is 1.80. The van der Waals surface area contributed by atoms with E-state index in [2.05, 4.69) is 15.9 Å². The highest BCUT2D eigenvalue weighted by atomic mass is 79.9. The Morgan fingerprint density at radius 2 is 1.74 bits per heavy atom. The van der Waals surface area contributed by atoms with Crippen LogP contribution >= 0.6 is 15.9 Å². The number of hydrogen-bond donors (Lipinski definition) is 1. The quantitative estimate of drug-likeness (QED) is 0.830. The zero-order chi connectivity index (χ0) is 16.4. The van der Waals surface area contributed by atoms with Gasteiger partial charge < -0.3 is 4.90 Å². The maximum Gasteiger partial charge on any atom is 0.292 e. The number of likely N-dealkylation sites (N-methyl/N-ethyl adjacent to an activating group) is 1. The Kier molecular flexibility index (Phi) is 4.59. The molecule has 4 nitrogen and oxygen atoms in total. The topological polar surface area (TPSA) is 41.8 Å². The highest BCUT2D eigenvalue weighted by Crippen LogP contribution is 2.23. The first-order chi connectivity index (χ1) is 11.1. The maximum absolute atomic E-state index is 12.7. The van der Waals surface area contributed by atoms with Gasteiger partial charge in [0.2, 0.25) is 5.91 Å². The first kappa shape index (κ1) is 15.9. The Bertz CT molecular complexity index is 716. The standard InChI is InChI=1S/C18H17BrN2O2/c1-20(12-13-5-3-2-4-6-13)16-11-17(22)21(18(16)23)15-9-7-14(19)8-10-15/h2-10,16H,11-12H2,1H3/p+1/t16-/m1/s1. The van der Waals surface area contributed by atoms with Crippen molar-refractivity contribution in [2.75, 3.05) is 11.9 Å². The van der Waals surface area contributed by atoms with Crippen molar-refractivity contribution >= 4 is 33.4 Å². The second-order valence-corrected chi connectivity index (χ2v) is 6.72. The monoisotopic (exact) mass is 373 g/mol. The molecule has 5 heteroatoms. The minimum Gasteiger partial charge on any atom is -0.323 e. The lowest BCUT2D eigenvalue weighted by atomic mass is 10.1. The van der Waals surface area contributed by atoms with Crippen LogP contribution in [0.15, 0.2) is 59.1 Å². The highest BCUT2D eigenvalue weighted by Gasteiger charge is 2.44.